The summed E-state index contributed by atoms with van der Waals surface area (Å²) in [6, 6.07) is 8.76. The first-order valence-corrected chi connectivity index (χ1v) is 7.17. The number of ketones is 1. The van der Waals surface area contributed by atoms with E-state index in [0.717, 1.165) is 0 Å². The lowest BCUT2D eigenvalue weighted by molar-refractivity contribution is 0.0867. The van der Waals surface area contributed by atoms with Crippen molar-refractivity contribution in [2.75, 3.05) is 0 Å². The Kier molecular flexibility index (Phi) is 3.17. The highest BCUT2D eigenvalue weighted by Gasteiger charge is 2.37. The Balaban J connectivity index is 2.14. The molecule has 0 spiro atoms. The van der Waals surface area contributed by atoms with E-state index in [-0.39, 0.29) is 21.9 Å². The van der Waals surface area contributed by atoms with Crippen LogP contribution in [0.25, 0.3) is 0 Å². The second kappa shape index (κ2) is 4.77. The lowest BCUT2D eigenvalue weighted by atomic mass is 9.78. The number of hydrogen-bond donors (Lipinski definition) is 0. The number of nitrogens with zero attached hydrogens (tertiary/aromatic N) is 1. The largest absolute Gasteiger partial charge is 0.433 e. The van der Waals surface area contributed by atoms with Crippen LogP contribution < -0.4 is 0 Å². The van der Waals surface area contributed by atoms with Gasteiger partial charge in [-0.1, -0.05) is 32.0 Å². The van der Waals surface area contributed by atoms with E-state index in [1.165, 1.54) is 4.57 Å². The monoisotopic (exact) mass is 301 g/mol. The first kappa shape index (κ1) is 13.9. The Morgan fingerprint density at radius 1 is 1.24 bits per heavy atom. The van der Waals surface area contributed by atoms with Crippen LogP contribution in [0, 0.1) is 10.3 Å². The molecule has 0 saturated carbocycles. The third-order valence-corrected chi connectivity index (χ3v) is 3.91. The summed E-state index contributed by atoms with van der Waals surface area (Å²) in [5.41, 5.74) is 0.625. The first-order valence-electron chi connectivity index (χ1n) is 6.77. The van der Waals surface area contributed by atoms with Crippen molar-refractivity contribution in [1.82, 2.24) is 4.57 Å². The summed E-state index contributed by atoms with van der Waals surface area (Å²) >= 11 is 5.15. The van der Waals surface area contributed by atoms with Crippen molar-refractivity contribution in [1.29, 1.82) is 0 Å². The second-order valence-electron chi connectivity index (χ2n) is 6.09. The number of carbonyl (C=O) groups excluding carboxylic acids is 2. The Hall–Kier alpha value is -2.01. The predicted octanol–water partition coefficient (Wildman–Crippen LogP) is 3.65. The van der Waals surface area contributed by atoms with Gasteiger partial charge in [0.25, 0.3) is 10.7 Å². The van der Waals surface area contributed by atoms with E-state index in [9.17, 15) is 9.59 Å². The normalized spacial score (nSPS) is 16.6. The second-order valence-corrected chi connectivity index (χ2v) is 6.44. The van der Waals surface area contributed by atoms with Gasteiger partial charge in [-0.3, -0.25) is 9.59 Å². The Labute approximate surface area is 127 Å². The van der Waals surface area contributed by atoms with Gasteiger partial charge in [0.2, 0.25) is 0 Å². The Morgan fingerprint density at radius 3 is 2.57 bits per heavy atom. The molecule has 0 radical (unpaired) electrons. The molecule has 0 saturated heterocycles. The average molecular weight is 301 g/mol. The van der Waals surface area contributed by atoms with Crippen molar-refractivity contribution in [3.8, 4) is 0 Å². The number of aromatic nitrogens is 1. The quantitative estimate of drug-likeness (QED) is 0.754. The third-order valence-electron chi connectivity index (χ3n) is 3.65. The molecule has 1 aromatic carbocycles. The maximum absolute atomic E-state index is 12.6. The molecule has 0 aliphatic heterocycles. The molecule has 108 valence electrons. The molecule has 0 atom stereocenters. The molecule has 0 amide bonds. The molecular formula is C16H15NO3S. The maximum Gasteiger partial charge on any atom is 0.276 e. The van der Waals surface area contributed by atoms with Crippen LogP contribution in [-0.2, 0) is 6.42 Å². The summed E-state index contributed by atoms with van der Waals surface area (Å²) in [7, 11) is 0. The zero-order chi connectivity index (χ0) is 15.2. The van der Waals surface area contributed by atoms with Gasteiger partial charge in [-0.15, -0.1) is 0 Å². The summed E-state index contributed by atoms with van der Waals surface area (Å²) in [6.45, 7) is 4.01. The number of fused-ring (bicyclic) bond motifs is 1. The van der Waals surface area contributed by atoms with Crippen LogP contribution in [0.3, 0.4) is 0 Å². The highest BCUT2D eigenvalue weighted by Crippen LogP contribution is 2.35. The highest BCUT2D eigenvalue weighted by molar-refractivity contribution is 7.71. The van der Waals surface area contributed by atoms with Crippen LogP contribution in [0.5, 0.6) is 0 Å². The molecule has 21 heavy (non-hydrogen) atoms. The number of hydrogen-bond acceptors (Lipinski definition) is 4. The zero-order valence-electron chi connectivity index (χ0n) is 11.9. The number of oxazole rings is 1. The standard InChI is InChI=1S/C16H15NO3S/c1-16(2)8-11(18)13-12(9-16)20-15(21)17(13)14(19)10-6-4-3-5-7-10/h3-7H,8-9H2,1-2H3. The summed E-state index contributed by atoms with van der Waals surface area (Å²) in [5, 5.41) is 0. The van der Waals surface area contributed by atoms with E-state index in [0.29, 0.717) is 29.9 Å². The van der Waals surface area contributed by atoms with Crippen molar-refractivity contribution < 1.29 is 14.0 Å². The number of benzene rings is 1. The topological polar surface area (TPSA) is 52.2 Å². The number of Topliss-reactive ketones (excluding diaryl/α,β-unsaturated/α-hetero) is 1. The molecule has 0 fully saturated rings. The van der Waals surface area contributed by atoms with Crippen LogP contribution in [0.15, 0.2) is 34.7 Å². The molecule has 0 unspecified atom stereocenters. The predicted molar refractivity (Wildman–Crippen MR) is 80.1 cm³/mol. The fraction of sp³-hybridized carbons (Fsp3) is 0.312. The van der Waals surface area contributed by atoms with Crippen LogP contribution >= 0.6 is 12.2 Å². The van der Waals surface area contributed by atoms with E-state index >= 15 is 0 Å². The molecule has 5 heteroatoms. The minimum absolute atomic E-state index is 0.0416. The van der Waals surface area contributed by atoms with Crippen LogP contribution in [0.4, 0.5) is 0 Å². The molecule has 1 aliphatic carbocycles. The van der Waals surface area contributed by atoms with Gasteiger partial charge in [-0.2, -0.15) is 0 Å². The maximum atomic E-state index is 12.6. The SMILES string of the molecule is CC1(C)CC(=O)c2c(oc(=S)n2C(=O)c2ccccc2)C1. The number of carbonyl (C=O) groups is 2. The van der Waals surface area contributed by atoms with E-state index in [1.807, 2.05) is 19.9 Å². The van der Waals surface area contributed by atoms with E-state index in [4.69, 9.17) is 16.6 Å². The van der Waals surface area contributed by atoms with Crippen molar-refractivity contribution in [3.05, 3.63) is 52.2 Å². The molecule has 1 heterocycles. The average Bonchev–Trinajstić information content (AvgIpc) is 2.73. The Bertz CT molecular complexity index is 784. The summed E-state index contributed by atoms with van der Waals surface area (Å²) in [5.74, 6) is 0.106. The van der Waals surface area contributed by atoms with E-state index in [2.05, 4.69) is 0 Å². The van der Waals surface area contributed by atoms with Gasteiger partial charge < -0.3 is 4.42 Å². The van der Waals surface area contributed by atoms with Crippen molar-refractivity contribution in [2.45, 2.75) is 26.7 Å². The van der Waals surface area contributed by atoms with Gasteiger partial charge in [0.05, 0.1) is 0 Å². The minimum atomic E-state index is -0.321. The third kappa shape index (κ3) is 2.38. The van der Waals surface area contributed by atoms with Gasteiger partial charge in [-0.25, -0.2) is 4.57 Å². The van der Waals surface area contributed by atoms with Gasteiger partial charge in [0, 0.05) is 18.4 Å². The molecule has 0 N–H and O–H groups in total. The van der Waals surface area contributed by atoms with E-state index in [1.54, 1.807) is 24.3 Å². The first-order chi connectivity index (χ1) is 9.89. The fourth-order valence-corrected chi connectivity index (χ4v) is 3.00. The van der Waals surface area contributed by atoms with Crippen LogP contribution in [-0.4, -0.2) is 16.3 Å². The van der Waals surface area contributed by atoms with Gasteiger partial charge in [0.15, 0.2) is 5.78 Å². The van der Waals surface area contributed by atoms with Crippen LogP contribution in [0.1, 0.15) is 46.9 Å². The molecule has 0 bridgehead atoms. The Morgan fingerprint density at radius 2 is 1.90 bits per heavy atom. The van der Waals surface area contributed by atoms with E-state index < -0.39 is 0 Å². The van der Waals surface area contributed by atoms with Crippen molar-refractivity contribution in [2.24, 2.45) is 5.41 Å². The van der Waals surface area contributed by atoms with Gasteiger partial charge >= 0.3 is 0 Å². The highest BCUT2D eigenvalue weighted by atomic mass is 32.1. The zero-order valence-corrected chi connectivity index (χ0v) is 12.7. The summed E-state index contributed by atoms with van der Waals surface area (Å²) in [4.78, 5) is 25.0. The molecule has 3 rings (SSSR count). The minimum Gasteiger partial charge on any atom is -0.433 e. The number of rotatable bonds is 1. The molecule has 1 aliphatic rings. The fourth-order valence-electron chi connectivity index (χ4n) is 2.73. The van der Waals surface area contributed by atoms with Crippen LogP contribution in [0.2, 0.25) is 0 Å². The lowest BCUT2D eigenvalue weighted by Gasteiger charge is -2.27. The summed E-state index contributed by atoms with van der Waals surface area (Å²) in [6.07, 6.45) is 0.989. The molecular weight excluding hydrogens is 286 g/mol. The van der Waals surface area contributed by atoms with Crippen molar-refractivity contribution in [3.63, 3.8) is 0 Å². The van der Waals surface area contributed by atoms with Gasteiger partial charge in [-0.05, 0) is 29.8 Å². The lowest BCUT2D eigenvalue weighted by Crippen LogP contribution is -2.29. The molecule has 2 aromatic rings. The molecule has 1 aromatic heterocycles. The smallest absolute Gasteiger partial charge is 0.276 e. The van der Waals surface area contributed by atoms with Gasteiger partial charge in [0.1, 0.15) is 11.5 Å². The van der Waals surface area contributed by atoms with Crippen molar-refractivity contribution >= 4 is 23.9 Å². The molecule has 4 nitrogen and oxygen atoms in total. The summed E-state index contributed by atoms with van der Waals surface area (Å²) < 4.78 is 6.76.